The summed E-state index contributed by atoms with van der Waals surface area (Å²) in [7, 11) is 0. The molecule has 4 heteroatoms. The van der Waals surface area contributed by atoms with Crippen LogP contribution in [0.1, 0.15) is 40.7 Å². The van der Waals surface area contributed by atoms with Crippen molar-refractivity contribution in [1.82, 2.24) is 0 Å². The van der Waals surface area contributed by atoms with E-state index in [-0.39, 0.29) is 53.4 Å². The highest BCUT2D eigenvalue weighted by Gasteiger charge is 2.67. The fourth-order valence-electron chi connectivity index (χ4n) is 6.08. The quantitative estimate of drug-likeness (QED) is 0.683. The Morgan fingerprint density at radius 2 is 2.00 bits per heavy atom. The zero-order valence-electron chi connectivity index (χ0n) is 12.2. The molecule has 0 spiro atoms. The highest BCUT2D eigenvalue weighted by molar-refractivity contribution is 5.78. The van der Waals surface area contributed by atoms with Crippen LogP contribution >= 0.6 is 0 Å². The molecule has 7 atom stereocenters. The van der Waals surface area contributed by atoms with Crippen LogP contribution in [0.15, 0.2) is 16.9 Å². The fourth-order valence-corrected chi connectivity index (χ4v) is 6.08. The standard InChI is InChI=1S/C18H16O4/c1-6-2-9(19)4-7-3-8-5-10-16-15-14(13(8)18(20)22-16)12(7)11(6)17(15)21-10/h2,4,8,10,13-17H,3,5H2,1H3. The van der Waals surface area contributed by atoms with Gasteiger partial charge in [-0.1, -0.05) is 0 Å². The highest BCUT2D eigenvalue weighted by Crippen LogP contribution is 2.67. The predicted molar refractivity (Wildman–Crippen MR) is 76.5 cm³/mol. The molecule has 1 saturated carbocycles. The molecule has 7 unspecified atom stereocenters. The van der Waals surface area contributed by atoms with Gasteiger partial charge in [-0.3, -0.25) is 9.59 Å². The Kier molecular flexibility index (Phi) is 1.86. The smallest absolute Gasteiger partial charge is 0.310 e. The highest BCUT2D eigenvalue weighted by atomic mass is 16.6. The van der Waals surface area contributed by atoms with Gasteiger partial charge in [0.15, 0.2) is 5.43 Å². The van der Waals surface area contributed by atoms with E-state index in [2.05, 4.69) is 0 Å². The first-order valence-electron chi connectivity index (χ1n) is 8.17. The number of aryl methyl sites for hydroxylation is 1. The van der Waals surface area contributed by atoms with E-state index in [0.29, 0.717) is 0 Å². The van der Waals surface area contributed by atoms with E-state index in [1.165, 1.54) is 11.1 Å². The van der Waals surface area contributed by atoms with Gasteiger partial charge in [0.1, 0.15) is 6.10 Å². The third kappa shape index (κ3) is 1.11. The molecule has 3 aliphatic heterocycles. The lowest BCUT2D eigenvalue weighted by Gasteiger charge is -2.40. The van der Waals surface area contributed by atoms with E-state index in [9.17, 15) is 9.59 Å². The van der Waals surface area contributed by atoms with Crippen LogP contribution in [-0.2, 0) is 20.7 Å². The van der Waals surface area contributed by atoms with Gasteiger partial charge < -0.3 is 9.47 Å². The Bertz CT molecular complexity index is 813. The molecule has 0 amide bonds. The maximum Gasteiger partial charge on any atom is 0.310 e. The van der Waals surface area contributed by atoms with Gasteiger partial charge in [-0.25, -0.2) is 0 Å². The number of rotatable bonds is 0. The van der Waals surface area contributed by atoms with E-state index >= 15 is 0 Å². The van der Waals surface area contributed by atoms with E-state index in [0.717, 1.165) is 24.0 Å². The van der Waals surface area contributed by atoms with Gasteiger partial charge in [-0.2, -0.15) is 0 Å². The van der Waals surface area contributed by atoms with Gasteiger partial charge in [0.2, 0.25) is 0 Å². The number of ether oxygens (including phenoxy) is 2. The normalized spacial score (nSPS) is 45.1. The molecule has 3 saturated heterocycles. The first-order valence-corrected chi connectivity index (χ1v) is 8.17. The van der Waals surface area contributed by atoms with Crippen molar-refractivity contribution in [3.8, 4) is 0 Å². The Labute approximate surface area is 127 Å². The van der Waals surface area contributed by atoms with Crippen molar-refractivity contribution in [3.63, 3.8) is 0 Å². The first kappa shape index (κ1) is 11.8. The monoisotopic (exact) mass is 296 g/mol. The first-order chi connectivity index (χ1) is 10.6. The van der Waals surface area contributed by atoms with Crippen molar-refractivity contribution in [2.75, 3.05) is 0 Å². The molecule has 0 N–H and O–H groups in total. The number of carbonyl (C=O) groups excluding carboxylic acids is 1. The zero-order chi connectivity index (χ0) is 14.7. The summed E-state index contributed by atoms with van der Waals surface area (Å²) < 4.78 is 12.1. The molecule has 3 aliphatic carbocycles. The van der Waals surface area contributed by atoms with E-state index in [1.807, 2.05) is 6.92 Å². The summed E-state index contributed by atoms with van der Waals surface area (Å²) in [4.78, 5) is 24.7. The molecule has 22 heavy (non-hydrogen) atoms. The van der Waals surface area contributed by atoms with Crippen LogP contribution in [-0.4, -0.2) is 18.2 Å². The molecule has 6 aliphatic rings. The van der Waals surface area contributed by atoms with Crippen LogP contribution in [0.2, 0.25) is 0 Å². The summed E-state index contributed by atoms with van der Waals surface area (Å²) in [6.45, 7) is 2.00. The van der Waals surface area contributed by atoms with Crippen molar-refractivity contribution in [2.45, 2.75) is 44.0 Å². The molecule has 3 heterocycles. The lowest BCUT2D eigenvalue weighted by atomic mass is 9.67. The molecule has 4 nitrogen and oxygen atoms in total. The minimum atomic E-state index is -0.0847. The number of carbonyl (C=O) groups is 1. The SMILES string of the molecule is Cc1cc(=O)cc2c3c1C1OC4CC(C2)C2C(=O)OC4C1C32. The van der Waals surface area contributed by atoms with Gasteiger partial charge >= 0.3 is 5.97 Å². The van der Waals surface area contributed by atoms with Gasteiger partial charge in [-0.05, 0) is 60.1 Å². The topological polar surface area (TPSA) is 52.6 Å². The fraction of sp³-hybridized carbons (Fsp3) is 0.556. The van der Waals surface area contributed by atoms with Crippen LogP contribution in [0.25, 0.3) is 0 Å². The lowest BCUT2D eigenvalue weighted by Crippen LogP contribution is -2.44. The summed E-state index contributed by atoms with van der Waals surface area (Å²) in [5.41, 5.74) is 4.67. The maximum atomic E-state index is 12.5. The van der Waals surface area contributed by atoms with Crippen molar-refractivity contribution < 1.29 is 14.3 Å². The number of hydrogen-bond acceptors (Lipinski definition) is 4. The zero-order valence-corrected chi connectivity index (χ0v) is 12.2. The molecule has 4 fully saturated rings. The molecule has 7 rings (SSSR count). The van der Waals surface area contributed by atoms with Gasteiger partial charge in [0, 0.05) is 11.8 Å². The summed E-state index contributed by atoms with van der Waals surface area (Å²) in [5, 5.41) is 0. The van der Waals surface area contributed by atoms with Crippen LogP contribution in [0, 0.1) is 24.7 Å². The summed E-state index contributed by atoms with van der Waals surface area (Å²) in [5.74, 6) is 0.677. The van der Waals surface area contributed by atoms with E-state index in [4.69, 9.17) is 9.47 Å². The molecule has 1 aromatic rings. The molecular formula is C18H16O4. The van der Waals surface area contributed by atoms with Crippen LogP contribution < -0.4 is 5.43 Å². The van der Waals surface area contributed by atoms with Gasteiger partial charge in [0.05, 0.1) is 18.1 Å². The molecule has 112 valence electrons. The molecule has 0 aromatic heterocycles. The van der Waals surface area contributed by atoms with Gasteiger partial charge in [-0.15, -0.1) is 0 Å². The molecular weight excluding hydrogens is 280 g/mol. The second kappa shape index (κ2) is 3.46. The van der Waals surface area contributed by atoms with Crippen LogP contribution in [0.5, 0.6) is 0 Å². The van der Waals surface area contributed by atoms with Crippen molar-refractivity contribution in [3.05, 3.63) is 44.6 Å². The summed E-state index contributed by atoms with van der Waals surface area (Å²) in [6.07, 6.45) is 1.67. The summed E-state index contributed by atoms with van der Waals surface area (Å²) in [6, 6.07) is 3.53. The number of fused-ring (bicyclic) bond motifs is 2. The van der Waals surface area contributed by atoms with Crippen LogP contribution in [0.4, 0.5) is 0 Å². The minimum Gasteiger partial charge on any atom is -0.459 e. The molecule has 1 aromatic carbocycles. The Morgan fingerprint density at radius 3 is 2.86 bits per heavy atom. The average molecular weight is 296 g/mol. The molecule has 6 bridgehead atoms. The van der Waals surface area contributed by atoms with Crippen LogP contribution in [0.3, 0.4) is 0 Å². The third-order valence-corrected chi connectivity index (χ3v) is 6.62. The van der Waals surface area contributed by atoms with E-state index in [1.54, 1.807) is 12.1 Å². The molecule has 0 radical (unpaired) electrons. The number of hydrogen-bond donors (Lipinski definition) is 0. The Balaban J connectivity index is 1.78. The summed E-state index contributed by atoms with van der Waals surface area (Å²) >= 11 is 0. The maximum absolute atomic E-state index is 12.5. The van der Waals surface area contributed by atoms with Gasteiger partial charge in [0.25, 0.3) is 0 Å². The third-order valence-electron chi connectivity index (χ3n) is 6.62. The Hall–Kier alpha value is -1.68. The second-order valence-electron chi connectivity index (χ2n) is 7.55. The van der Waals surface area contributed by atoms with Crippen molar-refractivity contribution >= 4 is 5.97 Å². The van der Waals surface area contributed by atoms with Crippen molar-refractivity contribution in [2.24, 2.45) is 17.8 Å². The minimum absolute atomic E-state index is 0.00944. The lowest BCUT2D eigenvalue weighted by molar-refractivity contribution is -0.166. The average Bonchev–Trinajstić information content (AvgIpc) is 2.87. The number of esters is 1. The Morgan fingerprint density at radius 1 is 1.14 bits per heavy atom. The predicted octanol–water partition coefficient (Wildman–Crippen LogP) is 1.63. The van der Waals surface area contributed by atoms with E-state index < -0.39 is 0 Å². The van der Waals surface area contributed by atoms with Crippen molar-refractivity contribution in [1.29, 1.82) is 0 Å². The largest absolute Gasteiger partial charge is 0.459 e. The second-order valence-corrected chi connectivity index (χ2v) is 7.55.